The zero-order chi connectivity index (χ0) is 10.7. The summed E-state index contributed by atoms with van der Waals surface area (Å²) < 4.78 is 5.32. The summed E-state index contributed by atoms with van der Waals surface area (Å²) in [4.78, 5) is 6.64. The van der Waals surface area contributed by atoms with Crippen LogP contribution in [0.5, 0.6) is 0 Å². The summed E-state index contributed by atoms with van der Waals surface area (Å²) in [5.41, 5.74) is 6.59. The van der Waals surface area contributed by atoms with Crippen molar-refractivity contribution in [3.05, 3.63) is 23.9 Å². The molecule has 1 aliphatic heterocycles. The Hall–Kier alpha value is -1.13. The average Bonchev–Trinajstić information content (AvgIpc) is 2.78. The number of ether oxygens (including phenoxy) is 1. The van der Waals surface area contributed by atoms with Crippen LogP contribution in [0.1, 0.15) is 12.0 Å². The van der Waals surface area contributed by atoms with Crippen LogP contribution in [0.4, 0.5) is 5.82 Å². The number of nitrogens with zero attached hydrogens (tertiary/aromatic N) is 2. The van der Waals surface area contributed by atoms with Gasteiger partial charge in [-0.05, 0) is 18.1 Å². The van der Waals surface area contributed by atoms with Crippen LogP contribution in [0.25, 0.3) is 0 Å². The average molecular weight is 207 g/mol. The second-order valence-corrected chi connectivity index (χ2v) is 3.82. The number of methoxy groups -OCH3 is 1. The highest BCUT2D eigenvalue weighted by molar-refractivity contribution is 5.40. The first-order valence-corrected chi connectivity index (χ1v) is 5.26. The van der Waals surface area contributed by atoms with Gasteiger partial charge in [0.15, 0.2) is 0 Å². The summed E-state index contributed by atoms with van der Waals surface area (Å²) in [6, 6.07) is 4.06. The van der Waals surface area contributed by atoms with E-state index in [9.17, 15) is 0 Å². The van der Waals surface area contributed by atoms with Crippen LogP contribution in [0.3, 0.4) is 0 Å². The lowest BCUT2D eigenvalue weighted by atomic mass is 10.3. The quantitative estimate of drug-likeness (QED) is 0.795. The van der Waals surface area contributed by atoms with Gasteiger partial charge in [-0.15, -0.1) is 0 Å². The van der Waals surface area contributed by atoms with E-state index in [0.717, 1.165) is 30.9 Å². The lowest BCUT2D eigenvalue weighted by Crippen LogP contribution is -2.23. The number of rotatable bonds is 3. The van der Waals surface area contributed by atoms with Gasteiger partial charge in [0, 0.05) is 32.9 Å². The zero-order valence-corrected chi connectivity index (χ0v) is 9.02. The van der Waals surface area contributed by atoms with Crippen LogP contribution in [0, 0.1) is 0 Å². The Morgan fingerprint density at radius 2 is 2.47 bits per heavy atom. The van der Waals surface area contributed by atoms with Crippen molar-refractivity contribution in [3.8, 4) is 0 Å². The first kappa shape index (κ1) is 10.4. The number of pyridine rings is 1. The fourth-order valence-corrected chi connectivity index (χ4v) is 1.85. The predicted molar refractivity (Wildman–Crippen MR) is 59.8 cm³/mol. The van der Waals surface area contributed by atoms with Crippen molar-refractivity contribution in [2.75, 3.05) is 25.1 Å². The summed E-state index contributed by atoms with van der Waals surface area (Å²) in [6.45, 7) is 2.51. The minimum atomic E-state index is 0.348. The van der Waals surface area contributed by atoms with Crippen LogP contribution in [0.15, 0.2) is 18.3 Å². The topological polar surface area (TPSA) is 51.4 Å². The van der Waals surface area contributed by atoms with Gasteiger partial charge in [0.1, 0.15) is 5.82 Å². The Labute approximate surface area is 90.0 Å². The van der Waals surface area contributed by atoms with Crippen LogP contribution in [-0.2, 0) is 11.3 Å². The first-order valence-electron chi connectivity index (χ1n) is 5.26. The molecule has 1 atom stereocenters. The van der Waals surface area contributed by atoms with Crippen LogP contribution >= 0.6 is 0 Å². The summed E-state index contributed by atoms with van der Waals surface area (Å²) in [5.74, 6) is 1.02. The fourth-order valence-electron chi connectivity index (χ4n) is 1.85. The van der Waals surface area contributed by atoms with Crippen molar-refractivity contribution in [1.29, 1.82) is 0 Å². The van der Waals surface area contributed by atoms with E-state index in [4.69, 9.17) is 10.5 Å². The van der Waals surface area contributed by atoms with Gasteiger partial charge in [0.05, 0.1) is 6.10 Å². The minimum absolute atomic E-state index is 0.348. The minimum Gasteiger partial charge on any atom is -0.380 e. The molecule has 1 aromatic rings. The molecule has 15 heavy (non-hydrogen) atoms. The third-order valence-electron chi connectivity index (χ3n) is 2.85. The molecular weight excluding hydrogens is 190 g/mol. The SMILES string of the molecule is COC1CCN(c2ccc(CN)cn2)C1. The Morgan fingerprint density at radius 3 is 3.00 bits per heavy atom. The summed E-state index contributed by atoms with van der Waals surface area (Å²) in [7, 11) is 1.76. The molecule has 1 saturated heterocycles. The molecule has 2 N–H and O–H groups in total. The summed E-state index contributed by atoms with van der Waals surface area (Å²) >= 11 is 0. The maximum Gasteiger partial charge on any atom is 0.128 e. The van der Waals surface area contributed by atoms with Gasteiger partial charge in [0.25, 0.3) is 0 Å². The van der Waals surface area contributed by atoms with E-state index in [1.807, 2.05) is 18.3 Å². The lowest BCUT2D eigenvalue weighted by molar-refractivity contribution is 0.121. The van der Waals surface area contributed by atoms with Crippen LogP contribution < -0.4 is 10.6 Å². The van der Waals surface area contributed by atoms with Crippen molar-refractivity contribution in [3.63, 3.8) is 0 Å². The molecular formula is C11H17N3O. The Morgan fingerprint density at radius 1 is 1.60 bits per heavy atom. The summed E-state index contributed by atoms with van der Waals surface area (Å²) in [5, 5.41) is 0. The molecule has 0 bridgehead atoms. The number of anilines is 1. The smallest absolute Gasteiger partial charge is 0.128 e. The standard InChI is InChI=1S/C11H17N3O/c1-15-10-4-5-14(8-10)11-3-2-9(6-12)7-13-11/h2-3,7,10H,4-6,8,12H2,1H3. The van der Waals surface area contributed by atoms with Crippen LogP contribution in [0.2, 0.25) is 0 Å². The van der Waals surface area contributed by atoms with Crippen molar-refractivity contribution < 1.29 is 4.74 Å². The monoisotopic (exact) mass is 207 g/mol. The second kappa shape index (κ2) is 4.59. The van der Waals surface area contributed by atoms with Gasteiger partial charge in [-0.1, -0.05) is 6.07 Å². The molecule has 0 spiro atoms. The highest BCUT2D eigenvalue weighted by Crippen LogP contribution is 2.19. The normalized spacial score (nSPS) is 20.9. The molecule has 0 aliphatic carbocycles. The Bertz CT molecular complexity index is 312. The van der Waals surface area contributed by atoms with Gasteiger partial charge in [0.2, 0.25) is 0 Å². The second-order valence-electron chi connectivity index (χ2n) is 3.82. The molecule has 1 unspecified atom stereocenters. The highest BCUT2D eigenvalue weighted by Gasteiger charge is 2.22. The van der Waals surface area contributed by atoms with E-state index < -0.39 is 0 Å². The Kier molecular flexibility index (Phi) is 3.18. The summed E-state index contributed by atoms with van der Waals surface area (Å²) in [6.07, 6.45) is 3.27. The number of aromatic nitrogens is 1. The van der Waals surface area contributed by atoms with Crippen molar-refractivity contribution in [1.82, 2.24) is 4.98 Å². The molecule has 0 saturated carbocycles. The molecule has 0 radical (unpaired) electrons. The van der Waals surface area contributed by atoms with Gasteiger partial charge >= 0.3 is 0 Å². The molecule has 4 nitrogen and oxygen atoms in total. The molecule has 1 fully saturated rings. The van der Waals surface area contributed by atoms with E-state index in [0.29, 0.717) is 12.6 Å². The van der Waals surface area contributed by atoms with Gasteiger partial charge in [-0.25, -0.2) is 4.98 Å². The molecule has 82 valence electrons. The third kappa shape index (κ3) is 2.27. The van der Waals surface area contributed by atoms with Crippen molar-refractivity contribution in [2.45, 2.75) is 19.1 Å². The number of nitrogens with two attached hydrogens (primary N) is 1. The highest BCUT2D eigenvalue weighted by atomic mass is 16.5. The first-order chi connectivity index (χ1) is 7.33. The molecule has 1 aromatic heterocycles. The van der Waals surface area contributed by atoms with Crippen LogP contribution in [-0.4, -0.2) is 31.3 Å². The molecule has 0 aromatic carbocycles. The van der Waals surface area contributed by atoms with E-state index in [1.54, 1.807) is 7.11 Å². The Balaban J connectivity index is 2.04. The molecule has 0 amide bonds. The largest absolute Gasteiger partial charge is 0.380 e. The maximum absolute atomic E-state index is 5.52. The molecule has 4 heteroatoms. The van der Waals surface area contributed by atoms with Crippen molar-refractivity contribution >= 4 is 5.82 Å². The predicted octanol–water partition coefficient (Wildman–Crippen LogP) is 0.765. The lowest BCUT2D eigenvalue weighted by Gasteiger charge is -2.17. The van der Waals surface area contributed by atoms with E-state index in [2.05, 4.69) is 9.88 Å². The number of hydrogen-bond donors (Lipinski definition) is 1. The zero-order valence-electron chi connectivity index (χ0n) is 9.02. The van der Waals surface area contributed by atoms with E-state index >= 15 is 0 Å². The fraction of sp³-hybridized carbons (Fsp3) is 0.545. The van der Waals surface area contributed by atoms with Gasteiger partial charge in [-0.3, -0.25) is 0 Å². The number of hydrogen-bond acceptors (Lipinski definition) is 4. The maximum atomic E-state index is 5.52. The van der Waals surface area contributed by atoms with Gasteiger partial charge < -0.3 is 15.4 Å². The third-order valence-corrected chi connectivity index (χ3v) is 2.85. The van der Waals surface area contributed by atoms with E-state index in [1.165, 1.54) is 0 Å². The molecule has 2 rings (SSSR count). The molecule has 2 heterocycles. The molecule has 1 aliphatic rings. The van der Waals surface area contributed by atoms with E-state index in [-0.39, 0.29) is 0 Å². The van der Waals surface area contributed by atoms with Crippen molar-refractivity contribution in [2.24, 2.45) is 5.73 Å². The van der Waals surface area contributed by atoms with Gasteiger partial charge in [-0.2, -0.15) is 0 Å².